The summed E-state index contributed by atoms with van der Waals surface area (Å²) in [6, 6.07) is 14.9. The number of carbonyl (C=O) groups is 1. The van der Waals surface area contributed by atoms with Crippen LogP contribution in [0.2, 0.25) is 0 Å². The summed E-state index contributed by atoms with van der Waals surface area (Å²) in [6.07, 6.45) is 1.91. The molecule has 1 aliphatic heterocycles. The molecule has 1 amide bonds. The molecular weight excluding hydrogens is 336 g/mol. The average Bonchev–Trinajstić information content (AvgIpc) is 2.88. The van der Waals surface area contributed by atoms with Gasteiger partial charge in [0.2, 0.25) is 15.9 Å². The number of aryl methyl sites for hydroxylation is 1. The number of hydrogen-bond acceptors (Lipinski definition) is 3. The van der Waals surface area contributed by atoms with Crippen LogP contribution in [0.1, 0.15) is 18.1 Å². The van der Waals surface area contributed by atoms with E-state index >= 15 is 0 Å². The van der Waals surface area contributed by atoms with Crippen molar-refractivity contribution in [2.75, 3.05) is 22.0 Å². The maximum atomic E-state index is 12.9. The first-order valence-corrected chi connectivity index (χ1v) is 10.1. The highest BCUT2D eigenvalue weighted by Crippen LogP contribution is 2.32. The van der Waals surface area contributed by atoms with Gasteiger partial charge in [0, 0.05) is 11.7 Å². The van der Waals surface area contributed by atoms with Gasteiger partial charge in [-0.15, -0.1) is 0 Å². The Balaban J connectivity index is 1.90. The number of nitrogens with zero attached hydrogens (tertiary/aromatic N) is 2. The minimum Gasteiger partial charge on any atom is -0.307 e. The molecule has 0 spiro atoms. The van der Waals surface area contributed by atoms with Crippen LogP contribution < -0.4 is 9.21 Å². The average molecular weight is 358 g/mol. The van der Waals surface area contributed by atoms with Crippen LogP contribution in [0.3, 0.4) is 0 Å². The Hall–Kier alpha value is -2.34. The first-order chi connectivity index (χ1) is 11.8. The van der Waals surface area contributed by atoms with E-state index in [1.165, 1.54) is 4.31 Å². The molecule has 6 heteroatoms. The SMILES string of the molecule is Cc1ccc(N(CC(=O)N2c3ccccc3CC2C)S(C)(=O)=O)cc1. The molecule has 1 unspecified atom stereocenters. The molecular formula is C19H22N2O3S. The number of sulfonamides is 1. The van der Waals surface area contributed by atoms with Gasteiger partial charge in [-0.3, -0.25) is 9.10 Å². The summed E-state index contributed by atoms with van der Waals surface area (Å²) in [4.78, 5) is 14.6. The minimum absolute atomic E-state index is 0.0179. The quantitative estimate of drug-likeness (QED) is 0.844. The first kappa shape index (κ1) is 17.5. The number of carbonyl (C=O) groups excluding carboxylic acids is 1. The molecule has 25 heavy (non-hydrogen) atoms. The summed E-state index contributed by atoms with van der Waals surface area (Å²) in [5, 5.41) is 0. The molecule has 1 aliphatic rings. The predicted molar refractivity (Wildman–Crippen MR) is 100 cm³/mol. The summed E-state index contributed by atoms with van der Waals surface area (Å²) < 4.78 is 25.7. The summed E-state index contributed by atoms with van der Waals surface area (Å²) in [5.74, 6) is -0.219. The summed E-state index contributed by atoms with van der Waals surface area (Å²) in [7, 11) is -3.56. The third kappa shape index (κ3) is 3.54. The molecule has 2 aromatic rings. The molecule has 0 saturated heterocycles. The Bertz CT molecular complexity index is 891. The van der Waals surface area contributed by atoms with Crippen molar-refractivity contribution in [3.63, 3.8) is 0 Å². The Kier molecular flexibility index (Phi) is 4.56. The maximum absolute atomic E-state index is 12.9. The highest BCUT2D eigenvalue weighted by Gasteiger charge is 2.32. The lowest BCUT2D eigenvalue weighted by molar-refractivity contribution is -0.117. The molecule has 0 aromatic heterocycles. The molecule has 0 aliphatic carbocycles. The molecule has 1 atom stereocenters. The molecule has 0 radical (unpaired) electrons. The van der Waals surface area contributed by atoms with Crippen LogP contribution in [-0.4, -0.2) is 33.2 Å². The fourth-order valence-electron chi connectivity index (χ4n) is 3.26. The second kappa shape index (κ2) is 6.52. The molecule has 0 fully saturated rings. The van der Waals surface area contributed by atoms with E-state index in [2.05, 4.69) is 0 Å². The van der Waals surface area contributed by atoms with Crippen molar-refractivity contribution in [1.82, 2.24) is 0 Å². The molecule has 132 valence electrons. The Morgan fingerprint density at radius 1 is 1.16 bits per heavy atom. The van der Waals surface area contributed by atoms with Crippen molar-refractivity contribution in [1.29, 1.82) is 0 Å². The standard InChI is InChI=1S/C19H22N2O3S/c1-14-8-10-17(11-9-14)20(25(3,23)24)13-19(22)21-15(2)12-16-6-4-5-7-18(16)21/h4-11,15H,12-13H2,1-3H3. The number of benzene rings is 2. The molecule has 3 rings (SSSR count). The van der Waals surface area contributed by atoms with Crippen molar-refractivity contribution in [3.05, 3.63) is 59.7 Å². The highest BCUT2D eigenvalue weighted by molar-refractivity contribution is 7.92. The van der Waals surface area contributed by atoms with Crippen LogP contribution in [0, 0.1) is 6.92 Å². The van der Waals surface area contributed by atoms with E-state index in [0.29, 0.717) is 5.69 Å². The second-order valence-electron chi connectivity index (χ2n) is 6.55. The minimum atomic E-state index is -3.56. The van der Waals surface area contributed by atoms with Crippen LogP contribution in [-0.2, 0) is 21.2 Å². The number of rotatable bonds is 4. The lowest BCUT2D eigenvalue weighted by Crippen LogP contribution is -2.45. The van der Waals surface area contributed by atoms with Gasteiger partial charge < -0.3 is 4.90 Å². The Morgan fingerprint density at radius 2 is 1.80 bits per heavy atom. The van der Waals surface area contributed by atoms with Gasteiger partial charge in [0.25, 0.3) is 0 Å². The third-order valence-corrected chi connectivity index (χ3v) is 5.62. The molecule has 1 heterocycles. The van der Waals surface area contributed by atoms with E-state index in [1.54, 1.807) is 17.0 Å². The lowest BCUT2D eigenvalue weighted by Gasteiger charge is -2.28. The van der Waals surface area contributed by atoms with Crippen molar-refractivity contribution in [3.8, 4) is 0 Å². The van der Waals surface area contributed by atoms with Crippen LogP contribution in [0.15, 0.2) is 48.5 Å². The summed E-state index contributed by atoms with van der Waals surface area (Å²) in [6.45, 7) is 3.71. The van der Waals surface area contributed by atoms with Gasteiger partial charge in [0.15, 0.2) is 0 Å². The fourth-order valence-corrected chi connectivity index (χ4v) is 4.11. The van der Waals surface area contributed by atoms with E-state index in [9.17, 15) is 13.2 Å². The Labute approximate surface area is 148 Å². The van der Waals surface area contributed by atoms with Crippen LogP contribution in [0.5, 0.6) is 0 Å². The van der Waals surface area contributed by atoms with E-state index in [1.807, 2.05) is 50.2 Å². The van der Waals surface area contributed by atoms with Crippen LogP contribution >= 0.6 is 0 Å². The van der Waals surface area contributed by atoms with Gasteiger partial charge in [-0.1, -0.05) is 35.9 Å². The summed E-state index contributed by atoms with van der Waals surface area (Å²) >= 11 is 0. The second-order valence-corrected chi connectivity index (χ2v) is 8.46. The van der Waals surface area contributed by atoms with E-state index in [-0.39, 0.29) is 18.5 Å². The molecule has 0 N–H and O–H groups in total. The van der Waals surface area contributed by atoms with E-state index in [0.717, 1.165) is 29.5 Å². The molecule has 0 bridgehead atoms. The monoisotopic (exact) mass is 358 g/mol. The van der Waals surface area contributed by atoms with Gasteiger partial charge in [-0.05, 0) is 44.0 Å². The topological polar surface area (TPSA) is 57.7 Å². The highest BCUT2D eigenvalue weighted by atomic mass is 32.2. The first-order valence-electron chi connectivity index (χ1n) is 8.21. The zero-order valence-electron chi connectivity index (χ0n) is 14.6. The molecule has 2 aromatic carbocycles. The van der Waals surface area contributed by atoms with Crippen molar-refractivity contribution in [2.45, 2.75) is 26.3 Å². The third-order valence-electron chi connectivity index (χ3n) is 4.48. The van der Waals surface area contributed by atoms with Crippen molar-refractivity contribution < 1.29 is 13.2 Å². The Morgan fingerprint density at radius 3 is 2.44 bits per heavy atom. The number of hydrogen-bond donors (Lipinski definition) is 0. The van der Waals surface area contributed by atoms with Crippen molar-refractivity contribution in [2.24, 2.45) is 0 Å². The largest absolute Gasteiger partial charge is 0.307 e. The van der Waals surface area contributed by atoms with Gasteiger partial charge in [-0.2, -0.15) is 0 Å². The number of para-hydroxylation sites is 1. The number of anilines is 2. The maximum Gasteiger partial charge on any atom is 0.248 e. The zero-order valence-corrected chi connectivity index (χ0v) is 15.5. The van der Waals surface area contributed by atoms with Gasteiger partial charge in [0.1, 0.15) is 6.54 Å². The van der Waals surface area contributed by atoms with E-state index in [4.69, 9.17) is 0 Å². The molecule has 0 saturated carbocycles. The normalized spacial score (nSPS) is 16.6. The fraction of sp³-hybridized carbons (Fsp3) is 0.316. The van der Waals surface area contributed by atoms with Gasteiger partial charge >= 0.3 is 0 Å². The zero-order chi connectivity index (χ0) is 18.2. The predicted octanol–water partition coefficient (Wildman–Crippen LogP) is 2.74. The lowest BCUT2D eigenvalue weighted by atomic mass is 10.1. The van der Waals surface area contributed by atoms with Gasteiger partial charge in [0.05, 0.1) is 11.9 Å². The smallest absolute Gasteiger partial charge is 0.248 e. The van der Waals surface area contributed by atoms with Crippen LogP contribution in [0.25, 0.3) is 0 Å². The molecule has 5 nitrogen and oxygen atoms in total. The van der Waals surface area contributed by atoms with Gasteiger partial charge in [-0.25, -0.2) is 8.42 Å². The number of amides is 1. The number of fused-ring (bicyclic) bond motifs is 1. The van der Waals surface area contributed by atoms with E-state index < -0.39 is 10.0 Å². The van der Waals surface area contributed by atoms with Crippen molar-refractivity contribution >= 4 is 27.3 Å². The van der Waals surface area contributed by atoms with Crippen LogP contribution in [0.4, 0.5) is 11.4 Å². The summed E-state index contributed by atoms with van der Waals surface area (Å²) in [5.41, 5.74) is 3.52.